The van der Waals surface area contributed by atoms with Crippen LogP contribution in [0.3, 0.4) is 0 Å². The molecule has 126 valence electrons. The zero-order valence-corrected chi connectivity index (χ0v) is 14.1. The van der Waals surface area contributed by atoms with Crippen LogP contribution in [0.25, 0.3) is 0 Å². The van der Waals surface area contributed by atoms with Gasteiger partial charge in [0.1, 0.15) is 12.4 Å². The van der Waals surface area contributed by atoms with Crippen LogP contribution >= 0.6 is 0 Å². The molecule has 3 N–H and O–H groups in total. The Labute approximate surface area is 136 Å². The number of nitrogens with zero attached hydrogens (tertiary/aromatic N) is 2. The predicted molar refractivity (Wildman–Crippen MR) is 87.7 cm³/mol. The predicted octanol–water partition coefficient (Wildman–Crippen LogP) is 0.896. The van der Waals surface area contributed by atoms with Crippen LogP contribution in [-0.2, 0) is 16.6 Å². The summed E-state index contributed by atoms with van der Waals surface area (Å²) in [7, 11) is -3.66. The largest absolute Gasteiger partial charge is 0.492 e. The van der Waals surface area contributed by atoms with Gasteiger partial charge in [0, 0.05) is 18.8 Å². The van der Waals surface area contributed by atoms with Crippen molar-refractivity contribution < 1.29 is 13.2 Å². The summed E-state index contributed by atoms with van der Waals surface area (Å²) >= 11 is 0. The number of aryl methyl sites for hydroxylation is 1. The minimum Gasteiger partial charge on any atom is -0.492 e. The first-order valence-electron chi connectivity index (χ1n) is 7.33. The van der Waals surface area contributed by atoms with Crippen LogP contribution in [-0.4, -0.2) is 37.4 Å². The third kappa shape index (κ3) is 5.66. The monoisotopic (exact) mass is 338 g/mol. The standard InChI is InChI=1S/C15H22N4O3S/c1-12-9-18-19(10-12)11-13(2)17-7-8-22-14-3-5-15(6-4-14)23(16,20)21/h3-6,9-10,13,17H,7-8,11H2,1-2H3,(H2,16,20,21). The first kappa shape index (κ1) is 17.5. The molecule has 7 nitrogen and oxygen atoms in total. The number of nitrogens with one attached hydrogen (secondary N) is 1. The first-order valence-corrected chi connectivity index (χ1v) is 8.87. The van der Waals surface area contributed by atoms with Gasteiger partial charge in [-0.05, 0) is 43.7 Å². The molecule has 1 aromatic carbocycles. The lowest BCUT2D eigenvalue weighted by atomic mass is 10.3. The Bertz CT molecular complexity index is 725. The molecule has 0 aliphatic carbocycles. The molecule has 0 fully saturated rings. The molecule has 0 amide bonds. The van der Waals surface area contributed by atoms with Crippen LogP contribution in [0.5, 0.6) is 5.75 Å². The lowest BCUT2D eigenvalue weighted by Gasteiger charge is -2.14. The molecule has 1 heterocycles. The summed E-state index contributed by atoms with van der Waals surface area (Å²) < 4.78 is 29.8. The molecule has 0 aliphatic heterocycles. The number of nitrogens with two attached hydrogens (primary N) is 1. The number of hydrogen-bond donors (Lipinski definition) is 2. The second kappa shape index (κ2) is 7.58. The third-order valence-corrected chi connectivity index (χ3v) is 4.17. The van der Waals surface area contributed by atoms with Gasteiger partial charge < -0.3 is 10.1 Å². The summed E-state index contributed by atoms with van der Waals surface area (Å²) in [5.74, 6) is 0.606. The van der Waals surface area contributed by atoms with Crippen molar-refractivity contribution in [3.8, 4) is 5.75 Å². The molecule has 0 saturated carbocycles. The molecule has 0 bridgehead atoms. The average Bonchev–Trinajstić information content (AvgIpc) is 2.88. The van der Waals surface area contributed by atoms with Gasteiger partial charge in [-0.1, -0.05) is 0 Å². The van der Waals surface area contributed by atoms with Crippen molar-refractivity contribution in [2.24, 2.45) is 5.14 Å². The number of benzene rings is 1. The van der Waals surface area contributed by atoms with E-state index in [1.54, 1.807) is 12.1 Å². The molecular formula is C15H22N4O3S. The summed E-state index contributed by atoms with van der Waals surface area (Å²) in [6, 6.07) is 6.31. The van der Waals surface area contributed by atoms with E-state index in [1.165, 1.54) is 12.1 Å². The highest BCUT2D eigenvalue weighted by molar-refractivity contribution is 7.89. The number of primary sulfonamides is 1. The van der Waals surface area contributed by atoms with Crippen LogP contribution in [0, 0.1) is 6.92 Å². The van der Waals surface area contributed by atoms with E-state index in [1.807, 2.05) is 24.0 Å². The van der Waals surface area contributed by atoms with E-state index >= 15 is 0 Å². The van der Waals surface area contributed by atoms with Crippen LogP contribution in [0.2, 0.25) is 0 Å². The Morgan fingerprint density at radius 2 is 2.04 bits per heavy atom. The zero-order valence-electron chi connectivity index (χ0n) is 13.3. The van der Waals surface area contributed by atoms with Crippen molar-refractivity contribution in [3.63, 3.8) is 0 Å². The summed E-state index contributed by atoms with van der Waals surface area (Å²) in [5.41, 5.74) is 1.14. The van der Waals surface area contributed by atoms with Crippen LogP contribution in [0.15, 0.2) is 41.6 Å². The third-order valence-electron chi connectivity index (χ3n) is 3.24. The highest BCUT2D eigenvalue weighted by atomic mass is 32.2. The van der Waals surface area contributed by atoms with Gasteiger partial charge in [0.25, 0.3) is 0 Å². The van der Waals surface area contributed by atoms with Crippen LogP contribution in [0.1, 0.15) is 12.5 Å². The Balaban J connectivity index is 1.70. The van der Waals surface area contributed by atoms with Crippen molar-refractivity contribution in [2.45, 2.75) is 31.3 Å². The second-order valence-electron chi connectivity index (χ2n) is 5.46. The number of rotatable bonds is 8. The van der Waals surface area contributed by atoms with E-state index in [-0.39, 0.29) is 10.9 Å². The van der Waals surface area contributed by atoms with Crippen molar-refractivity contribution in [1.29, 1.82) is 0 Å². The van der Waals surface area contributed by atoms with Crippen molar-refractivity contribution in [1.82, 2.24) is 15.1 Å². The van der Waals surface area contributed by atoms with Gasteiger partial charge in [0.15, 0.2) is 0 Å². The van der Waals surface area contributed by atoms with Gasteiger partial charge in [0.05, 0.1) is 17.6 Å². The maximum Gasteiger partial charge on any atom is 0.238 e. The topological polar surface area (TPSA) is 99.2 Å². The maximum atomic E-state index is 11.2. The van der Waals surface area contributed by atoms with E-state index in [0.717, 1.165) is 12.1 Å². The van der Waals surface area contributed by atoms with Crippen molar-refractivity contribution >= 4 is 10.0 Å². The fraction of sp³-hybridized carbons (Fsp3) is 0.400. The van der Waals surface area contributed by atoms with Gasteiger partial charge in [0.2, 0.25) is 10.0 Å². The number of sulfonamides is 1. The molecule has 1 unspecified atom stereocenters. The number of aromatic nitrogens is 2. The molecule has 0 saturated heterocycles. The van der Waals surface area contributed by atoms with Gasteiger partial charge in [-0.2, -0.15) is 5.10 Å². The van der Waals surface area contributed by atoms with E-state index in [9.17, 15) is 8.42 Å². The fourth-order valence-electron chi connectivity index (χ4n) is 2.11. The Kier molecular flexibility index (Phi) is 5.75. The van der Waals surface area contributed by atoms with Gasteiger partial charge in [-0.25, -0.2) is 13.6 Å². The summed E-state index contributed by atoms with van der Waals surface area (Å²) in [4.78, 5) is 0.0751. The maximum absolute atomic E-state index is 11.2. The summed E-state index contributed by atoms with van der Waals surface area (Å²) in [6.07, 6.45) is 3.84. The van der Waals surface area contributed by atoms with E-state index in [2.05, 4.69) is 17.3 Å². The van der Waals surface area contributed by atoms with Crippen molar-refractivity contribution in [3.05, 3.63) is 42.2 Å². The lowest BCUT2D eigenvalue weighted by Crippen LogP contribution is -2.33. The number of hydrogen-bond acceptors (Lipinski definition) is 5. The fourth-order valence-corrected chi connectivity index (χ4v) is 2.63. The van der Waals surface area contributed by atoms with Gasteiger partial charge in [-0.15, -0.1) is 0 Å². The highest BCUT2D eigenvalue weighted by Gasteiger charge is 2.07. The molecule has 2 aromatic rings. The lowest BCUT2D eigenvalue weighted by molar-refractivity contribution is 0.301. The molecular weight excluding hydrogens is 316 g/mol. The molecule has 0 aliphatic rings. The van der Waals surface area contributed by atoms with Crippen LogP contribution in [0.4, 0.5) is 0 Å². The van der Waals surface area contributed by atoms with E-state index < -0.39 is 10.0 Å². The molecule has 1 atom stereocenters. The van der Waals surface area contributed by atoms with Gasteiger partial charge in [-0.3, -0.25) is 4.68 Å². The molecule has 8 heteroatoms. The SMILES string of the molecule is Cc1cnn(CC(C)NCCOc2ccc(S(N)(=O)=O)cc2)c1. The normalized spacial score (nSPS) is 13.0. The molecule has 2 rings (SSSR count). The quantitative estimate of drug-likeness (QED) is 0.697. The van der Waals surface area contributed by atoms with E-state index in [4.69, 9.17) is 9.88 Å². The minimum atomic E-state index is -3.66. The number of ether oxygens (including phenoxy) is 1. The minimum absolute atomic E-state index is 0.0751. The van der Waals surface area contributed by atoms with Gasteiger partial charge >= 0.3 is 0 Å². The van der Waals surface area contributed by atoms with E-state index in [0.29, 0.717) is 18.9 Å². The smallest absolute Gasteiger partial charge is 0.238 e. The first-order chi connectivity index (χ1) is 10.8. The summed E-state index contributed by atoms with van der Waals surface area (Å²) in [5, 5.41) is 12.6. The van der Waals surface area contributed by atoms with Crippen molar-refractivity contribution in [2.75, 3.05) is 13.2 Å². The average molecular weight is 338 g/mol. The van der Waals surface area contributed by atoms with Crippen LogP contribution < -0.4 is 15.2 Å². The molecule has 1 aromatic heterocycles. The second-order valence-corrected chi connectivity index (χ2v) is 7.02. The molecule has 0 radical (unpaired) electrons. The molecule has 0 spiro atoms. The Morgan fingerprint density at radius 1 is 1.35 bits per heavy atom. The highest BCUT2D eigenvalue weighted by Crippen LogP contribution is 2.14. The Morgan fingerprint density at radius 3 is 2.61 bits per heavy atom. The Hall–Kier alpha value is -1.90. The molecule has 23 heavy (non-hydrogen) atoms. The zero-order chi connectivity index (χ0) is 16.9. The summed E-state index contributed by atoms with van der Waals surface area (Å²) in [6.45, 7) is 6.04.